The number of morpholine rings is 1. The van der Waals surface area contributed by atoms with Gasteiger partial charge in [0.15, 0.2) is 0 Å². The van der Waals surface area contributed by atoms with Gasteiger partial charge >= 0.3 is 0 Å². The van der Waals surface area contributed by atoms with E-state index >= 15 is 0 Å². The highest BCUT2D eigenvalue weighted by atomic mass is 32.1. The predicted octanol–water partition coefficient (Wildman–Crippen LogP) is 3.19. The Morgan fingerprint density at radius 2 is 1.96 bits per heavy atom. The predicted molar refractivity (Wildman–Crippen MR) is 105 cm³/mol. The highest BCUT2D eigenvalue weighted by Crippen LogP contribution is 2.27. The van der Waals surface area contributed by atoms with Crippen LogP contribution in [0, 0.1) is 0 Å². The van der Waals surface area contributed by atoms with E-state index in [0.717, 1.165) is 50.7 Å². The van der Waals surface area contributed by atoms with E-state index < -0.39 is 0 Å². The van der Waals surface area contributed by atoms with E-state index in [1.165, 1.54) is 16.8 Å². The maximum absolute atomic E-state index is 5.85. The fourth-order valence-electron chi connectivity index (χ4n) is 3.76. The lowest BCUT2D eigenvalue weighted by molar-refractivity contribution is 0.122. The highest BCUT2D eigenvalue weighted by molar-refractivity contribution is 7.13. The highest BCUT2D eigenvalue weighted by Gasteiger charge is 2.21. The van der Waals surface area contributed by atoms with E-state index in [-0.39, 0.29) is 0 Å². The van der Waals surface area contributed by atoms with Gasteiger partial charge in [0.25, 0.3) is 5.89 Å². The Labute approximate surface area is 162 Å². The summed E-state index contributed by atoms with van der Waals surface area (Å²) in [4.78, 5) is 5.82. The maximum Gasteiger partial charge on any atom is 0.257 e. The first-order chi connectivity index (χ1) is 13.3. The van der Waals surface area contributed by atoms with Gasteiger partial charge < -0.3 is 14.1 Å². The standard InChI is InChI=1S/C20H22N4O2S/c1-2-18(27-11-1)20-22-21-19(26-20)14-23-6-5-15-12-17(4-3-16(15)13-23)24-7-9-25-10-8-24/h1-4,11-12H,5-10,13-14H2. The molecule has 27 heavy (non-hydrogen) atoms. The maximum atomic E-state index is 5.85. The first kappa shape index (κ1) is 16.9. The van der Waals surface area contributed by atoms with Crippen LogP contribution in [0.1, 0.15) is 17.0 Å². The van der Waals surface area contributed by atoms with Crippen LogP contribution in [-0.2, 0) is 24.2 Å². The summed E-state index contributed by atoms with van der Waals surface area (Å²) in [7, 11) is 0. The number of aromatic nitrogens is 2. The second-order valence-corrected chi connectivity index (χ2v) is 7.94. The van der Waals surface area contributed by atoms with Crippen molar-refractivity contribution in [1.29, 1.82) is 0 Å². The van der Waals surface area contributed by atoms with Gasteiger partial charge in [0, 0.05) is 31.9 Å². The van der Waals surface area contributed by atoms with Crippen molar-refractivity contribution in [3.63, 3.8) is 0 Å². The molecule has 1 fully saturated rings. The average Bonchev–Trinajstić information content (AvgIpc) is 3.40. The topological polar surface area (TPSA) is 54.6 Å². The minimum absolute atomic E-state index is 0.618. The van der Waals surface area contributed by atoms with Crippen molar-refractivity contribution in [3.8, 4) is 10.8 Å². The Kier molecular flexibility index (Phi) is 4.65. The zero-order valence-corrected chi connectivity index (χ0v) is 16.0. The van der Waals surface area contributed by atoms with E-state index in [4.69, 9.17) is 9.15 Å². The van der Waals surface area contributed by atoms with Crippen LogP contribution in [0.2, 0.25) is 0 Å². The first-order valence-electron chi connectivity index (χ1n) is 9.38. The third-order valence-electron chi connectivity index (χ3n) is 5.22. The lowest BCUT2D eigenvalue weighted by Gasteiger charge is -2.32. The van der Waals surface area contributed by atoms with Gasteiger partial charge in [0.1, 0.15) is 0 Å². The molecule has 0 unspecified atom stereocenters. The van der Waals surface area contributed by atoms with Crippen molar-refractivity contribution in [2.75, 3.05) is 37.7 Å². The Morgan fingerprint density at radius 3 is 2.81 bits per heavy atom. The third kappa shape index (κ3) is 3.63. The van der Waals surface area contributed by atoms with E-state index in [0.29, 0.717) is 18.3 Å². The fourth-order valence-corrected chi connectivity index (χ4v) is 4.40. The van der Waals surface area contributed by atoms with Crippen LogP contribution in [0.25, 0.3) is 10.8 Å². The minimum Gasteiger partial charge on any atom is -0.419 e. The molecule has 0 radical (unpaired) electrons. The summed E-state index contributed by atoms with van der Waals surface area (Å²) in [6, 6.07) is 10.9. The molecule has 6 nitrogen and oxygen atoms in total. The normalized spacial score (nSPS) is 17.9. The molecule has 0 aliphatic carbocycles. The molecule has 2 aromatic heterocycles. The molecule has 140 valence electrons. The minimum atomic E-state index is 0.618. The summed E-state index contributed by atoms with van der Waals surface area (Å²) in [5.74, 6) is 1.30. The zero-order valence-electron chi connectivity index (χ0n) is 15.1. The number of nitrogens with zero attached hydrogens (tertiary/aromatic N) is 4. The second kappa shape index (κ2) is 7.42. The SMILES string of the molecule is c1csc(-c2nnc(CN3CCc4cc(N5CCOCC5)ccc4C3)o2)c1. The molecule has 2 aliphatic heterocycles. The Morgan fingerprint density at radius 1 is 1.04 bits per heavy atom. The third-order valence-corrected chi connectivity index (χ3v) is 6.07. The molecule has 0 bridgehead atoms. The van der Waals surface area contributed by atoms with Crippen molar-refractivity contribution in [2.24, 2.45) is 0 Å². The van der Waals surface area contributed by atoms with Crippen molar-refractivity contribution >= 4 is 17.0 Å². The van der Waals surface area contributed by atoms with Gasteiger partial charge in [-0.3, -0.25) is 4.90 Å². The number of ether oxygens (including phenoxy) is 1. The monoisotopic (exact) mass is 382 g/mol. The molecule has 1 aromatic carbocycles. The first-order valence-corrected chi connectivity index (χ1v) is 10.3. The van der Waals surface area contributed by atoms with Gasteiger partial charge in [0.2, 0.25) is 5.89 Å². The summed E-state index contributed by atoms with van der Waals surface area (Å²) in [5.41, 5.74) is 4.18. The van der Waals surface area contributed by atoms with E-state index in [1.54, 1.807) is 11.3 Å². The molecule has 0 atom stereocenters. The summed E-state index contributed by atoms with van der Waals surface area (Å²) in [6.45, 7) is 6.24. The summed E-state index contributed by atoms with van der Waals surface area (Å²) in [5, 5.41) is 10.4. The van der Waals surface area contributed by atoms with Crippen molar-refractivity contribution in [2.45, 2.75) is 19.5 Å². The Hall–Kier alpha value is -2.22. The molecule has 7 heteroatoms. The van der Waals surface area contributed by atoms with Crippen LogP contribution in [0.15, 0.2) is 40.1 Å². The number of anilines is 1. The smallest absolute Gasteiger partial charge is 0.257 e. The molecule has 4 heterocycles. The number of thiophene rings is 1. The molecule has 0 N–H and O–H groups in total. The Bertz CT molecular complexity index is 903. The van der Waals surface area contributed by atoms with E-state index in [1.807, 2.05) is 17.5 Å². The number of benzene rings is 1. The summed E-state index contributed by atoms with van der Waals surface area (Å²) < 4.78 is 11.3. The molecule has 2 aliphatic rings. The van der Waals surface area contributed by atoms with Crippen molar-refractivity contribution < 1.29 is 9.15 Å². The quantitative estimate of drug-likeness (QED) is 0.691. The van der Waals surface area contributed by atoms with Crippen LogP contribution in [0.3, 0.4) is 0 Å². The van der Waals surface area contributed by atoms with Crippen LogP contribution < -0.4 is 4.90 Å². The molecule has 5 rings (SSSR count). The van der Waals surface area contributed by atoms with Gasteiger partial charge in [-0.25, -0.2) is 0 Å². The lowest BCUT2D eigenvalue weighted by atomic mass is 9.98. The molecule has 0 saturated carbocycles. The molecule has 0 amide bonds. The van der Waals surface area contributed by atoms with Gasteiger partial charge in [-0.1, -0.05) is 12.1 Å². The second-order valence-electron chi connectivity index (χ2n) is 6.99. The number of rotatable bonds is 4. The lowest BCUT2D eigenvalue weighted by Crippen LogP contribution is -2.36. The van der Waals surface area contributed by atoms with Crippen LogP contribution in [0.5, 0.6) is 0 Å². The molecule has 0 spiro atoms. The molecule has 3 aromatic rings. The van der Waals surface area contributed by atoms with Crippen molar-refractivity contribution in [1.82, 2.24) is 15.1 Å². The van der Waals surface area contributed by atoms with E-state index in [2.05, 4.69) is 38.2 Å². The largest absolute Gasteiger partial charge is 0.419 e. The van der Waals surface area contributed by atoms with Gasteiger partial charge in [-0.2, -0.15) is 0 Å². The van der Waals surface area contributed by atoms with Crippen LogP contribution in [-0.4, -0.2) is 47.9 Å². The van der Waals surface area contributed by atoms with Gasteiger partial charge in [-0.05, 0) is 41.1 Å². The van der Waals surface area contributed by atoms with Gasteiger partial charge in [0.05, 0.1) is 24.6 Å². The van der Waals surface area contributed by atoms with Gasteiger partial charge in [-0.15, -0.1) is 21.5 Å². The van der Waals surface area contributed by atoms with E-state index in [9.17, 15) is 0 Å². The number of hydrogen-bond donors (Lipinski definition) is 0. The number of fused-ring (bicyclic) bond motifs is 1. The summed E-state index contributed by atoms with van der Waals surface area (Å²) >= 11 is 1.62. The summed E-state index contributed by atoms with van der Waals surface area (Å²) in [6.07, 6.45) is 1.05. The van der Waals surface area contributed by atoms with Crippen molar-refractivity contribution in [3.05, 3.63) is 52.7 Å². The van der Waals surface area contributed by atoms with Crippen LogP contribution >= 0.6 is 11.3 Å². The molecule has 1 saturated heterocycles. The molecular formula is C20H22N4O2S. The van der Waals surface area contributed by atoms with Crippen LogP contribution in [0.4, 0.5) is 5.69 Å². The molecular weight excluding hydrogens is 360 g/mol. The fraction of sp³-hybridized carbons (Fsp3) is 0.400. The average molecular weight is 382 g/mol. The number of hydrogen-bond acceptors (Lipinski definition) is 7. The zero-order chi connectivity index (χ0) is 18.1. The Balaban J connectivity index is 1.26.